The van der Waals surface area contributed by atoms with Crippen LogP contribution in [0.1, 0.15) is 16.1 Å². The van der Waals surface area contributed by atoms with Crippen molar-refractivity contribution in [3.8, 4) is 6.07 Å². The molecule has 11 heavy (non-hydrogen) atoms. The molecule has 0 aliphatic carbocycles. The fourth-order valence-corrected chi connectivity index (χ4v) is 0.692. The number of hydrogen-bond acceptors (Lipinski definition) is 3. The zero-order chi connectivity index (χ0) is 8.27. The molecule has 2 N–H and O–H groups in total. The van der Waals surface area contributed by atoms with Gasteiger partial charge < -0.3 is 5.73 Å². The van der Waals surface area contributed by atoms with E-state index in [1.807, 2.05) is 6.07 Å². The monoisotopic (exact) mass is 147 g/mol. The number of nitrogens with two attached hydrogens (primary N) is 1. The molecule has 0 radical (unpaired) electrons. The predicted molar refractivity (Wildman–Crippen MR) is 37.5 cm³/mol. The molecule has 4 heteroatoms. The molecule has 4 nitrogen and oxygen atoms in total. The maximum absolute atomic E-state index is 10.6. The summed E-state index contributed by atoms with van der Waals surface area (Å²) in [6, 6.07) is 4.88. The van der Waals surface area contributed by atoms with Crippen LogP contribution in [0.4, 0.5) is 0 Å². The largest absolute Gasteiger partial charge is 0.364 e. The minimum Gasteiger partial charge on any atom is -0.364 e. The van der Waals surface area contributed by atoms with Crippen LogP contribution in [-0.2, 0) is 0 Å². The molecule has 0 atom stereocenters. The Morgan fingerprint density at radius 3 is 2.91 bits per heavy atom. The lowest BCUT2D eigenvalue weighted by Gasteiger charge is -1.94. The summed E-state index contributed by atoms with van der Waals surface area (Å²) in [5.41, 5.74) is 5.17. The topological polar surface area (TPSA) is 79.8 Å². The molecule has 1 aromatic rings. The lowest BCUT2D eigenvalue weighted by Crippen LogP contribution is -2.14. The van der Waals surface area contributed by atoms with Crippen LogP contribution >= 0.6 is 0 Å². The predicted octanol–water partition coefficient (Wildman–Crippen LogP) is 0.0522. The van der Waals surface area contributed by atoms with Crippen molar-refractivity contribution in [2.45, 2.75) is 0 Å². The molecule has 0 saturated heterocycles. The van der Waals surface area contributed by atoms with Gasteiger partial charge in [-0.1, -0.05) is 0 Å². The maximum atomic E-state index is 10.6. The van der Waals surface area contributed by atoms with E-state index in [0.29, 0.717) is 0 Å². The number of hydrogen-bond donors (Lipinski definition) is 1. The Hall–Kier alpha value is -1.89. The Kier molecular flexibility index (Phi) is 1.83. The van der Waals surface area contributed by atoms with Gasteiger partial charge >= 0.3 is 0 Å². The molecule has 1 rings (SSSR count). The highest BCUT2D eigenvalue weighted by atomic mass is 16.1. The molecule has 0 bridgehead atoms. The highest BCUT2D eigenvalue weighted by molar-refractivity contribution is 5.93. The van der Waals surface area contributed by atoms with Gasteiger partial charge in [0.15, 0.2) is 0 Å². The second-order valence-electron chi connectivity index (χ2n) is 1.88. The van der Waals surface area contributed by atoms with Crippen LogP contribution in [-0.4, -0.2) is 10.9 Å². The number of pyridine rings is 1. The van der Waals surface area contributed by atoms with Crippen molar-refractivity contribution in [1.82, 2.24) is 4.98 Å². The molecule has 0 unspecified atom stereocenters. The van der Waals surface area contributed by atoms with Crippen LogP contribution < -0.4 is 5.73 Å². The zero-order valence-corrected chi connectivity index (χ0v) is 5.61. The SMILES string of the molecule is N#Cc1cccnc1C(N)=O. The van der Waals surface area contributed by atoms with Crippen molar-refractivity contribution in [3.63, 3.8) is 0 Å². The van der Waals surface area contributed by atoms with Gasteiger partial charge in [0, 0.05) is 6.20 Å². The normalized spacial score (nSPS) is 8.64. The highest BCUT2D eigenvalue weighted by Gasteiger charge is 2.06. The Balaban J connectivity index is 3.26. The van der Waals surface area contributed by atoms with Gasteiger partial charge in [0.05, 0.1) is 5.56 Å². The highest BCUT2D eigenvalue weighted by Crippen LogP contribution is 2.01. The molecule has 0 saturated carbocycles. The summed E-state index contributed by atoms with van der Waals surface area (Å²) in [5.74, 6) is -0.679. The first kappa shape index (κ1) is 7.22. The zero-order valence-electron chi connectivity index (χ0n) is 5.61. The van der Waals surface area contributed by atoms with Gasteiger partial charge in [0.2, 0.25) is 0 Å². The summed E-state index contributed by atoms with van der Waals surface area (Å²) in [6.07, 6.45) is 1.42. The van der Waals surface area contributed by atoms with Crippen LogP contribution in [0.25, 0.3) is 0 Å². The number of carbonyl (C=O) groups is 1. The second-order valence-corrected chi connectivity index (χ2v) is 1.88. The molecule has 0 spiro atoms. The lowest BCUT2D eigenvalue weighted by molar-refractivity contribution is 0.0995. The second kappa shape index (κ2) is 2.80. The van der Waals surface area contributed by atoms with E-state index in [-0.39, 0.29) is 11.3 Å². The van der Waals surface area contributed by atoms with E-state index in [0.717, 1.165) is 0 Å². The fourth-order valence-electron chi connectivity index (χ4n) is 0.692. The number of rotatable bonds is 1. The van der Waals surface area contributed by atoms with Gasteiger partial charge in [-0.2, -0.15) is 5.26 Å². The Morgan fingerprint density at radius 2 is 2.45 bits per heavy atom. The number of primary amides is 1. The van der Waals surface area contributed by atoms with Crippen LogP contribution in [0, 0.1) is 11.3 Å². The van der Waals surface area contributed by atoms with Gasteiger partial charge in [-0.05, 0) is 12.1 Å². The van der Waals surface area contributed by atoms with Crippen molar-refractivity contribution >= 4 is 5.91 Å². The van der Waals surface area contributed by atoms with E-state index in [9.17, 15) is 4.79 Å². The third kappa shape index (κ3) is 1.33. The molecule has 54 valence electrons. The average molecular weight is 147 g/mol. The summed E-state index contributed by atoms with van der Waals surface area (Å²) < 4.78 is 0. The average Bonchev–Trinajstić information content (AvgIpc) is 2.04. The number of amides is 1. The molecule has 0 aliphatic rings. The minimum absolute atomic E-state index is 0.0231. The molecule has 0 aromatic carbocycles. The van der Waals surface area contributed by atoms with Crippen LogP contribution in [0.3, 0.4) is 0 Å². The number of carbonyl (C=O) groups excluding carboxylic acids is 1. The number of aromatic nitrogens is 1. The van der Waals surface area contributed by atoms with Crippen LogP contribution in [0.5, 0.6) is 0 Å². The third-order valence-corrected chi connectivity index (χ3v) is 1.16. The van der Waals surface area contributed by atoms with Crippen LogP contribution in [0.2, 0.25) is 0 Å². The Morgan fingerprint density at radius 1 is 1.73 bits per heavy atom. The fraction of sp³-hybridized carbons (Fsp3) is 0. The van der Waals surface area contributed by atoms with Gasteiger partial charge in [0.25, 0.3) is 5.91 Å². The van der Waals surface area contributed by atoms with E-state index >= 15 is 0 Å². The van der Waals surface area contributed by atoms with Gasteiger partial charge in [-0.15, -0.1) is 0 Å². The first-order valence-corrected chi connectivity index (χ1v) is 2.90. The van der Waals surface area contributed by atoms with E-state index in [1.54, 1.807) is 6.07 Å². The standard InChI is InChI=1S/C7H5N3O/c8-4-5-2-1-3-10-6(5)7(9)11/h1-3H,(H2,9,11). The van der Waals surface area contributed by atoms with E-state index in [4.69, 9.17) is 11.0 Å². The minimum atomic E-state index is -0.679. The van der Waals surface area contributed by atoms with E-state index in [1.165, 1.54) is 12.3 Å². The summed E-state index contributed by atoms with van der Waals surface area (Å²) in [4.78, 5) is 14.2. The molecular formula is C7H5N3O. The Labute approximate surface area is 63.3 Å². The summed E-state index contributed by atoms with van der Waals surface area (Å²) in [7, 11) is 0. The molecular weight excluding hydrogens is 142 g/mol. The maximum Gasteiger partial charge on any atom is 0.268 e. The first-order chi connectivity index (χ1) is 5.25. The summed E-state index contributed by atoms with van der Waals surface area (Å²) >= 11 is 0. The van der Waals surface area contributed by atoms with Gasteiger partial charge in [0.1, 0.15) is 11.8 Å². The van der Waals surface area contributed by atoms with Gasteiger partial charge in [-0.3, -0.25) is 4.79 Å². The molecule has 1 amide bonds. The first-order valence-electron chi connectivity index (χ1n) is 2.90. The number of nitriles is 1. The molecule has 0 aliphatic heterocycles. The Bertz CT molecular complexity index is 327. The molecule has 1 aromatic heterocycles. The van der Waals surface area contributed by atoms with Crippen molar-refractivity contribution in [2.24, 2.45) is 5.73 Å². The molecule has 1 heterocycles. The smallest absolute Gasteiger partial charge is 0.268 e. The van der Waals surface area contributed by atoms with E-state index in [2.05, 4.69) is 4.98 Å². The summed E-state index contributed by atoms with van der Waals surface area (Å²) in [5, 5.41) is 8.47. The van der Waals surface area contributed by atoms with Crippen LogP contribution in [0.15, 0.2) is 18.3 Å². The molecule has 0 fully saturated rings. The number of nitrogens with zero attached hydrogens (tertiary/aromatic N) is 2. The van der Waals surface area contributed by atoms with Crippen molar-refractivity contribution < 1.29 is 4.79 Å². The lowest BCUT2D eigenvalue weighted by atomic mass is 10.2. The van der Waals surface area contributed by atoms with Crippen molar-refractivity contribution in [1.29, 1.82) is 5.26 Å². The quantitative estimate of drug-likeness (QED) is 0.609. The third-order valence-electron chi connectivity index (χ3n) is 1.16. The van der Waals surface area contributed by atoms with Crippen molar-refractivity contribution in [2.75, 3.05) is 0 Å². The van der Waals surface area contributed by atoms with Crippen molar-refractivity contribution in [3.05, 3.63) is 29.6 Å². The van der Waals surface area contributed by atoms with Gasteiger partial charge in [-0.25, -0.2) is 4.98 Å². The summed E-state index contributed by atoms with van der Waals surface area (Å²) in [6.45, 7) is 0. The van der Waals surface area contributed by atoms with E-state index < -0.39 is 5.91 Å².